The molecular weight excluding hydrogens is 144 g/mol. The van der Waals surface area contributed by atoms with E-state index < -0.39 is 6.16 Å². The number of ether oxygens (including phenoxy) is 1. The minimum absolute atomic E-state index is 0.213. The summed E-state index contributed by atoms with van der Waals surface area (Å²) in [5.41, 5.74) is 0. The summed E-state index contributed by atoms with van der Waals surface area (Å²) in [7, 11) is 0. The maximum atomic E-state index is 10.1. The van der Waals surface area contributed by atoms with E-state index in [1.807, 2.05) is 12.2 Å². The van der Waals surface area contributed by atoms with Crippen molar-refractivity contribution in [3.8, 4) is 0 Å². The molecule has 1 rings (SSSR count). The lowest BCUT2D eigenvalue weighted by atomic mass is 10.2. The van der Waals surface area contributed by atoms with Crippen LogP contribution in [0, 0.1) is 0 Å². The van der Waals surface area contributed by atoms with E-state index in [4.69, 9.17) is 5.11 Å². The van der Waals surface area contributed by atoms with E-state index in [9.17, 15) is 4.79 Å². The highest BCUT2D eigenvalue weighted by Crippen LogP contribution is 2.13. The number of rotatable bonds is 1. The molecule has 11 heavy (non-hydrogen) atoms. The zero-order valence-electron chi connectivity index (χ0n) is 6.32. The third kappa shape index (κ3) is 3.07. The molecule has 0 aromatic carbocycles. The molecule has 0 radical (unpaired) electrons. The molecule has 3 nitrogen and oxygen atoms in total. The molecule has 0 aromatic heterocycles. The van der Waals surface area contributed by atoms with Gasteiger partial charge in [0.15, 0.2) is 0 Å². The van der Waals surface area contributed by atoms with Gasteiger partial charge < -0.3 is 9.84 Å². The summed E-state index contributed by atoms with van der Waals surface area (Å²) in [4.78, 5) is 10.1. The Morgan fingerprint density at radius 2 is 2.36 bits per heavy atom. The standard InChI is InChI=1S/C8H12O3/c9-8(10)11-7-5-3-1-2-4-6-7/h3,5,7H,1-2,4,6H2,(H,9,10). The van der Waals surface area contributed by atoms with E-state index in [-0.39, 0.29) is 6.10 Å². The van der Waals surface area contributed by atoms with E-state index in [1.165, 1.54) is 0 Å². The van der Waals surface area contributed by atoms with Crippen LogP contribution >= 0.6 is 0 Å². The van der Waals surface area contributed by atoms with Gasteiger partial charge in [-0.05, 0) is 31.8 Å². The molecule has 1 N–H and O–H groups in total. The van der Waals surface area contributed by atoms with Crippen LogP contribution in [0.15, 0.2) is 12.2 Å². The predicted molar refractivity (Wildman–Crippen MR) is 40.5 cm³/mol. The molecule has 3 heteroatoms. The Morgan fingerprint density at radius 1 is 1.55 bits per heavy atom. The first-order valence-electron chi connectivity index (χ1n) is 3.85. The molecule has 0 bridgehead atoms. The highest BCUT2D eigenvalue weighted by molar-refractivity contribution is 5.57. The van der Waals surface area contributed by atoms with Gasteiger partial charge in [-0.2, -0.15) is 0 Å². The van der Waals surface area contributed by atoms with Crippen molar-refractivity contribution in [3.63, 3.8) is 0 Å². The Bertz CT molecular complexity index is 163. The van der Waals surface area contributed by atoms with Gasteiger partial charge in [0.1, 0.15) is 6.10 Å². The van der Waals surface area contributed by atoms with E-state index in [0.717, 1.165) is 25.7 Å². The average Bonchev–Trinajstić information content (AvgIpc) is 2.14. The molecule has 0 spiro atoms. The predicted octanol–water partition coefficient (Wildman–Crippen LogP) is 2.18. The molecule has 0 aromatic rings. The number of allylic oxidation sites excluding steroid dienone is 1. The maximum absolute atomic E-state index is 10.1. The van der Waals surface area contributed by atoms with Gasteiger partial charge >= 0.3 is 6.16 Å². The fourth-order valence-corrected chi connectivity index (χ4v) is 1.18. The number of hydrogen-bond donors (Lipinski definition) is 1. The summed E-state index contributed by atoms with van der Waals surface area (Å²) in [5.74, 6) is 0. The van der Waals surface area contributed by atoms with Gasteiger partial charge in [-0.15, -0.1) is 0 Å². The molecule has 62 valence electrons. The number of carboxylic acid groups (broad SMARTS) is 1. The van der Waals surface area contributed by atoms with Crippen molar-refractivity contribution in [2.24, 2.45) is 0 Å². The highest BCUT2D eigenvalue weighted by atomic mass is 16.7. The van der Waals surface area contributed by atoms with Crippen LogP contribution in [0.5, 0.6) is 0 Å². The Balaban J connectivity index is 2.36. The first kappa shape index (κ1) is 8.11. The van der Waals surface area contributed by atoms with Gasteiger partial charge in [-0.1, -0.05) is 6.08 Å². The Morgan fingerprint density at radius 3 is 3.09 bits per heavy atom. The van der Waals surface area contributed by atoms with Crippen molar-refractivity contribution in [2.45, 2.75) is 31.8 Å². The van der Waals surface area contributed by atoms with Gasteiger partial charge in [-0.25, -0.2) is 4.79 Å². The van der Waals surface area contributed by atoms with Gasteiger partial charge in [0.05, 0.1) is 0 Å². The fourth-order valence-electron chi connectivity index (χ4n) is 1.18. The minimum atomic E-state index is -1.18. The van der Waals surface area contributed by atoms with Crippen molar-refractivity contribution in [2.75, 3.05) is 0 Å². The van der Waals surface area contributed by atoms with Crippen LogP contribution < -0.4 is 0 Å². The van der Waals surface area contributed by atoms with Crippen LogP contribution in [0.25, 0.3) is 0 Å². The fraction of sp³-hybridized carbons (Fsp3) is 0.625. The zero-order chi connectivity index (χ0) is 8.10. The minimum Gasteiger partial charge on any atom is -0.450 e. The van der Waals surface area contributed by atoms with Crippen LogP contribution in [0.3, 0.4) is 0 Å². The molecule has 1 aliphatic rings. The largest absolute Gasteiger partial charge is 0.506 e. The molecule has 1 unspecified atom stereocenters. The van der Waals surface area contributed by atoms with Gasteiger partial charge in [0.2, 0.25) is 0 Å². The molecule has 1 aliphatic carbocycles. The second kappa shape index (κ2) is 4.01. The van der Waals surface area contributed by atoms with Gasteiger partial charge in [-0.3, -0.25) is 0 Å². The second-order valence-corrected chi connectivity index (χ2v) is 2.63. The topological polar surface area (TPSA) is 46.5 Å². The van der Waals surface area contributed by atoms with Crippen molar-refractivity contribution < 1.29 is 14.6 Å². The lowest BCUT2D eigenvalue weighted by Gasteiger charge is -2.08. The molecule has 0 heterocycles. The summed E-state index contributed by atoms with van der Waals surface area (Å²) in [6, 6.07) is 0. The van der Waals surface area contributed by atoms with Crippen LogP contribution in [-0.2, 0) is 4.74 Å². The van der Waals surface area contributed by atoms with E-state index in [2.05, 4.69) is 4.74 Å². The quantitative estimate of drug-likeness (QED) is 0.467. The lowest BCUT2D eigenvalue weighted by Crippen LogP contribution is -2.13. The monoisotopic (exact) mass is 156 g/mol. The van der Waals surface area contributed by atoms with Crippen molar-refractivity contribution in [3.05, 3.63) is 12.2 Å². The number of hydrogen-bond acceptors (Lipinski definition) is 2. The van der Waals surface area contributed by atoms with Crippen molar-refractivity contribution in [1.82, 2.24) is 0 Å². The summed E-state index contributed by atoms with van der Waals surface area (Å²) in [5, 5.41) is 8.30. The third-order valence-corrected chi connectivity index (χ3v) is 1.71. The van der Waals surface area contributed by atoms with Crippen molar-refractivity contribution >= 4 is 6.16 Å². The molecule has 0 saturated heterocycles. The van der Waals surface area contributed by atoms with Crippen LogP contribution in [0.4, 0.5) is 4.79 Å². The molecule has 0 fully saturated rings. The molecule has 1 atom stereocenters. The first-order valence-corrected chi connectivity index (χ1v) is 3.85. The van der Waals surface area contributed by atoms with Crippen LogP contribution in [0.1, 0.15) is 25.7 Å². The molecule has 0 amide bonds. The lowest BCUT2D eigenvalue weighted by molar-refractivity contribution is 0.0661. The summed E-state index contributed by atoms with van der Waals surface area (Å²) in [6.45, 7) is 0. The van der Waals surface area contributed by atoms with Crippen LogP contribution in [-0.4, -0.2) is 17.4 Å². The zero-order valence-corrected chi connectivity index (χ0v) is 6.32. The summed E-state index contributed by atoms with van der Waals surface area (Å²) < 4.78 is 4.60. The summed E-state index contributed by atoms with van der Waals surface area (Å²) >= 11 is 0. The Kier molecular flexibility index (Phi) is 2.95. The third-order valence-electron chi connectivity index (χ3n) is 1.71. The smallest absolute Gasteiger partial charge is 0.450 e. The first-order chi connectivity index (χ1) is 5.29. The normalized spacial score (nSPS) is 24.2. The molecule has 0 aliphatic heterocycles. The van der Waals surface area contributed by atoms with E-state index in [0.29, 0.717) is 0 Å². The van der Waals surface area contributed by atoms with Gasteiger partial charge in [0, 0.05) is 0 Å². The second-order valence-electron chi connectivity index (χ2n) is 2.63. The SMILES string of the molecule is O=C(O)OC1C=CCCCC1. The number of carbonyl (C=O) groups is 1. The maximum Gasteiger partial charge on any atom is 0.506 e. The Labute approximate surface area is 65.7 Å². The molecular formula is C8H12O3. The Hall–Kier alpha value is -0.990. The van der Waals surface area contributed by atoms with Crippen molar-refractivity contribution in [1.29, 1.82) is 0 Å². The van der Waals surface area contributed by atoms with E-state index in [1.54, 1.807) is 0 Å². The van der Waals surface area contributed by atoms with E-state index >= 15 is 0 Å². The van der Waals surface area contributed by atoms with Gasteiger partial charge in [0.25, 0.3) is 0 Å². The highest BCUT2D eigenvalue weighted by Gasteiger charge is 2.10. The molecule has 0 saturated carbocycles. The van der Waals surface area contributed by atoms with Crippen LogP contribution in [0.2, 0.25) is 0 Å². The average molecular weight is 156 g/mol. The summed E-state index contributed by atoms with van der Waals surface area (Å²) in [6.07, 6.45) is 6.47.